The second-order valence-electron chi connectivity index (χ2n) is 7.67. The number of aromatic amines is 1. The van der Waals surface area contributed by atoms with Gasteiger partial charge in [0.1, 0.15) is 5.75 Å². The van der Waals surface area contributed by atoms with Crippen molar-refractivity contribution in [1.82, 2.24) is 9.97 Å². The summed E-state index contributed by atoms with van der Waals surface area (Å²) in [4.78, 5) is 31.0. The number of ether oxygens (including phenoxy) is 1. The summed E-state index contributed by atoms with van der Waals surface area (Å²) in [5, 5.41) is 2.90. The maximum Gasteiger partial charge on any atom is 0.270 e. The van der Waals surface area contributed by atoms with Gasteiger partial charge in [-0.25, -0.2) is 13.4 Å². The van der Waals surface area contributed by atoms with Gasteiger partial charge in [-0.05, 0) is 55.2 Å². The molecule has 3 rings (SSSR count). The van der Waals surface area contributed by atoms with E-state index in [-0.39, 0.29) is 21.7 Å². The van der Waals surface area contributed by atoms with Gasteiger partial charge in [0, 0.05) is 0 Å². The summed E-state index contributed by atoms with van der Waals surface area (Å²) < 4.78 is 31.1. The number of carbonyl (C=O) groups is 1. The Morgan fingerprint density at radius 3 is 2.56 bits per heavy atom. The number of nitrogens with one attached hydrogen (secondary N) is 2. The Hall–Kier alpha value is -3.11. The van der Waals surface area contributed by atoms with Gasteiger partial charge < -0.3 is 15.0 Å². The lowest BCUT2D eigenvalue weighted by Crippen LogP contribution is -2.20. The first-order chi connectivity index (χ1) is 16.2. The van der Waals surface area contributed by atoms with Crippen LogP contribution >= 0.6 is 11.8 Å². The molecule has 0 saturated carbocycles. The van der Waals surface area contributed by atoms with Crippen LogP contribution in [0.4, 0.5) is 5.69 Å². The molecule has 0 fully saturated rings. The molecule has 10 heteroatoms. The number of nitrogens with zero attached hydrogens (tertiary/aromatic N) is 1. The Morgan fingerprint density at radius 1 is 1.18 bits per heavy atom. The van der Waals surface area contributed by atoms with Crippen LogP contribution in [0.2, 0.25) is 0 Å². The highest BCUT2D eigenvalue weighted by atomic mass is 32.2. The molecule has 0 radical (unpaired) electrons. The summed E-state index contributed by atoms with van der Waals surface area (Å²) in [7, 11) is -2.50. The number of hydrogen-bond acceptors (Lipinski definition) is 7. The molecule has 0 aliphatic heterocycles. The molecular formula is C24H27N3O5S2. The molecule has 0 aliphatic carbocycles. The summed E-state index contributed by atoms with van der Waals surface area (Å²) in [5.41, 5.74) is 1.76. The SMILES string of the molecule is CCCCc1ccc(S(=O)(=O)c2cnc(SCC(=O)Nc3cc(C)ccc3OC)[nH]c2=O)cc1. The minimum Gasteiger partial charge on any atom is -0.495 e. The molecule has 1 aromatic heterocycles. The number of benzene rings is 2. The highest BCUT2D eigenvalue weighted by Crippen LogP contribution is 2.26. The first kappa shape index (κ1) is 25.5. The normalized spacial score (nSPS) is 11.3. The second-order valence-corrected chi connectivity index (χ2v) is 10.6. The highest BCUT2D eigenvalue weighted by molar-refractivity contribution is 7.99. The number of anilines is 1. The van der Waals surface area contributed by atoms with Crippen molar-refractivity contribution in [1.29, 1.82) is 0 Å². The first-order valence-corrected chi connectivity index (χ1v) is 13.2. The Bertz CT molecular complexity index is 1320. The molecule has 0 aliphatic rings. The lowest BCUT2D eigenvalue weighted by atomic mass is 10.1. The van der Waals surface area contributed by atoms with E-state index >= 15 is 0 Å². The van der Waals surface area contributed by atoms with Gasteiger partial charge >= 0.3 is 0 Å². The largest absolute Gasteiger partial charge is 0.495 e. The quantitative estimate of drug-likeness (QED) is 0.318. The average molecular weight is 502 g/mol. The molecule has 1 heterocycles. The van der Waals surface area contributed by atoms with Crippen LogP contribution in [0, 0.1) is 6.92 Å². The lowest BCUT2D eigenvalue weighted by molar-refractivity contribution is -0.113. The molecule has 34 heavy (non-hydrogen) atoms. The highest BCUT2D eigenvalue weighted by Gasteiger charge is 2.22. The van der Waals surface area contributed by atoms with Crippen LogP contribution < -0.4 is 15.6 Å². The van der Waals surface area contributed by atoms with Crippen molar-refractivity contribution in [3.8, 4) is 5.75 Å². The zero-order chi connectivity index (χ0) is 24.7. The van der Waals surface area contributed by atoms with E-state index in [1.54, 1.807) is 24.3 Å². The summed E-state index contributed by atoms with van der Waals surface area (Å²) in [6.07, 6.45) is 3.97. The van der Waals surface area contributed by atoms with E-state index in [0.29, 0.717) is 11.4 Å². The second kappa shape index (κ2) is 11.3. The van der Waals surface area contributed by atoms with Crippen molar-refractivity contribution in [3.63, 3.8) is 0 Å². The smallest absolute Gasteiger partial charge is 0.270 e. The number of aromatic nitrogens is 2. The van der Waals surface area contributed by atoms with Gasteiger partial charge in [0.2, 0.25) is 15.7 Å². The number of methoxy groups -OCH3 is 1. The van der Waals surface area contributed by atoms with E-state index in [0.717, 1.165) is 48.3 Å². The maximum absolute atomic E-state index is 12.9. The predicted octanol–water partition coefficient (Wildman–Crippen LogP) is 3.99. The Kier molecular flexibility index (Phi) is 8.51. The number of hydrogen-bond donors (Lipinski definition) is 2. The molecule has 2 N–H and O–H groups in total. The summed E-state index contributed by atoms with van der Waals surface area (Å²) in [6.45, 7) is 3.99. The van der Waals surface area contributed by atoms with Crippen molar-refractivity contribution >= 4 is 33.2 Å². The van der Waals surface area contributed by atoms with E-state index in [1.165, 1.54) is 19.2 Å². The van der Waals surface area contributed by atoms with Crippen molar-refractivity contribution in [2.45, 2.75) is 48.1 Å². The van der Waals surface area contributed by atoms with Crippen LogP contribution in [0.25, 0.3) is 0 Å². The third-order valence-electron chi connectivity index (χ3n) is 5.05. The zero-order valence-electron chi connectivity index (χ0n) is 19.3. The third kappa shape index (κ3) is 6.27. The van der Waals surface area contributed by atoms with E-state index in [9.17, 15) is 18.0 Å². The zero-order valence-corrected chi connectivity index (χ0v) is 20.9. The van der Waals surface area contributed by atoms with Gasteiger partial charge in [-0.3, -0.25) is 9.59 Å². The van der Waals surface area contributed by atoms with E-state index < -0.39 is 20.3 Å². The summed E-state index contributed by atoms with van der Waals surface area (Å²) in [5.74, 6) is 0.172. The van der Waals surface area contributed by atoms with Gasteiger partial charge in [-0.1, -0.05) is 43.3 Å². The van der Waals surface area contributed by atoms with E-state index in [2.05, 4.69) is 22.2 Å². The van der Waals surface area contributed by atoms with Crippen LogP contribution in [-0.2, 0) is 21.1 Å². The molecule has 2 aromatic carbocycles. The van der Waals surface area contributed by atoms with Gasteiger partial charge in [-0.2, -0.15) is 0 Å². The fourth-order valence-corrected chi connectivity index (χ4v) is 5.08. The summed E-state index contributed by atoms with van der Waals surface area (Å²) in [6, 6.07) is 12.0. The van der Waals surface area contributed by atoms with Crippen LogP contribution in [0.3, 0.4) is 0 Å². The minimum absolute atomic E-state index is 0.0342. The number of carbonyl (C=O) groups excluding carboxylic acids is 1. The Labute approximate surface area is 203 Å². The van der Waals surface area contributed by atoms with Crippen molar-refractivity contribution < 1.29 is 17.9 Å². The monoisotopic (exact) mass is 501 g/mol. The van der Waals surface area contributed by atoms with Crippen LogP contribution in [-0.4, -0.2) is 37.2 Å². The molecule has 180 valence electrons. The predicted molar refractivity (Wildman–Crippen MR) is 132 cm³/mol. The topological polar surface area (TPSA) is 118 Å². The molecule has 0 atom stereocenters. The van der Waals surface area contributed by atoms with Gasteiger partial charge in [-0.15, -0.1) is 0 Å². The molecule has 0 spiro atoms. The van der Waals surface area contributed by atoms with E-state index in [4.69, 9.17) is 4.74 Å². The molecule has 3 aromatic rings. The number of amides is 1. The first-order valence-electron chi connectivity index (χ1n) is 10.7. The Morgan fingerprint density at radius 2 is 1.91 bits per heavy atom. The maximum atomic E-state index is 12.9. The number of thioether (sulfide) groups is 1. The van der Waals surface area contributed by atoms with E-state index in [1.807, 2.05) is 13.0 Å². The van der Waals surface area contributed by atoms with Crippen molar-refractivity contribution in [2.24, 2.45) is 0 Å². The lowest BCUT2D eigenvalue weighted by Gasteiger charge is -2.11. The van der Waals surface area contributed by atoms with Crippen LogP contribution in [0.15, 0.2) is 68.4 Å². The number of sulfone groups is 1. The number of unbranched alkanes of at least 4 members (excludes halogenated alkanes) is 1. The van der Waals surface area contributed by atoms with Gasteiger partial charge in [0.15, 0.2) is 10.1 Å². The molecule has 0 saturated heterocycles. The third-order valence-corrected chi connectivity index (χ3v) is 7.70. The number of rotatable bonds is 10. The average Bonchev–Trinajstić information content (AvgIpc) is 2.81. The van der Waals surface area contributed by atoms with Crippen LogP contribution in [0.1, 0.15) is 30.9 Å². The fourth-order valence-electron chi connectivity index (χ4n) is 3.21. The summed E-state index contributed by atoms with van der Waals surface area (Å²) >= 11 is 0.990. The van der Waals surface area contributed by atoms with Gasteiger partial charge in [0.25, 0.3) is 5.56 Å². The Balaban J connectivity index is 1.68. The molecule has 0 bridgehead atoms. The number of H-pyrrole nitrogens is 1. The molecule has 8 nitrogen and oxygen atoms in total. The standard InChI is InChI=1S/C24H27N3O5S2/c1-4-5-6-17-8-10-18(11-9-17)34(30,31)21-14-25-24(27-23(21)29)33-15-22(28)26-19-13-16(2)7-12-20(19)32-3/h7-14H,4-6,15H2,1-3H3,(H,26,28)(H,25,27,29). The van der Waals surface area contributed by atoms with Crippen LogP contribution in [0.5, 0.6) is 5.75 Å². The van der Waals surface area contributed by atoms with Crippen molar-refractivity contribution in [2.75, 3.05) is 18.2 Å². The molecule has 0 unspecified atom stereocenters. The minimum atomic E-state index is -4.02. The fraction of sp³-hybridized carbons (Fsp3) is 0.292. The van der Waals surface area contributed by atoms with Crippen molar-refractivity contribution in [3.05, 3.63) is 70.1 Å². The van der Waals surface area contributed by atoms with Gasteiger partial charge in [0.05, 0.1) is 29.6 Å². The molecular weight excluding hydrogens is 474 g/mol. The molecule has 1 amide bonds. The number of aryl methyl sites for hydroxylation is 2.